The highest BCUT2D eigenvalue weighted by molar-refractivity contribution is 5.90. The molecule has 2 amide bonds. The van der Waals surface area contributed by atoms with E-state index in [1.54, 1.807) is 21.9 Å². The molecule has 11 nitrogen and oxygen atoms in total. The lowest BCUT2D eigenvalue weighted by Crippen LogP contribution is -2.49. The predicted molar refractivity (Wildman–Crippen MR) is 102 cm³/mol. The molecule has 0 spiro atoms. The molecule has 0 saturated carbocycles. The normalized spacial score (nSPS) is 20.7. The maximum atomic E-state index is 13.4. The van der Waals surface area contributed by atoms with Crippen molar-refractivity contribution in [3.63, 3.8) is 0 Å². The fourth-order valence-corrected chi connectivity index (χ4v) is 3.64. The van der Waals surface area contributed by atoms with Gasteiger partial charge < -0.3 is 15.3 Å². The first kappa shape index (κ1) is 20.9. The molecule has 0 aliphatic carbocycles. The number of nitrogens with zero attached hydrogens (tertiary/aromatic N) is 7. The third kappa shape index (κ3) is 4.61. The molecule has 11 heteroatoms. The van der Waals surface area contributed by atoms with E-state index in [1.807, 2.05) is 20.8 Å². The molecule has 1 aliphatic rings. The van der Waals surface area contributed by atoms with E-state index in [4.69, 9.17) is 0 Å². The second kappa shape index (κ2) is 8.27. The smallest absolute Gasteiger partial charge is 0.248 e. The molecule has 0 aromatic carbocycles. The minimum Gasteiger partial charge on any atom is -0.391 e. The van der Waals surface area contributed by atoms with Crippen LogP contribution in [0.4, 0.5) is 0 Å². The van der Waals surface area contributed by atoms with Gasteiger partial charge in [-0.1, -0.05) is 26.0 Å². The lowest BCUT2D eigenvalue weighted by molar-refractivity contribution is -0.144. The predicted octanol–water partition coefficient (Wildman–Crippen LogP) is -0.593. The number of aliphatic hydroxyl groups excluding tert-OH is 1. The SMILES string of the molecule is CNC(=O)C1CC(O)CN1C(=O)[C@@H](n1cc(CCn2cncn2)nn1)C(C)(C)C. The van der Waals surface area contributed by atoms with E-state index in [1.165, 1.54) is 18.3 Å². The zero-order valence-electron chi connectivity index (χ0n) is 17.2. The molecule has 1 aliphatic heterocycles. The van der Waals surface area contributed by atoms with Crippen molar-refractivity contribution in [1.82, 2.24) is 40.0 Å². The number of hydrogen-bond acceptors (Lipinski definition) is 7. The number of rotatable bonds is 6. The van der Waals surface area contributed by atoms with Gasteiger partial charge in [0.25, 0.3) is 0 Å². The van der Waals surface area contributed by atoms with Crippen molar-refractivity contribution in [3.05, 3.63) is 24.5 Å². The van der Waals surface area contributed by atoms with Crippen LogP contribution in [0.3, 0.4) is 0 Å². The van der Waals surface area contributed by atoms with E-state index >= 15 is 0 Å². The first-order valence-corrected chi connectivity index (χ1v) is 9.64. The van der Waals surface area contributed by atoms with Gasteiger partial charge in [0.15, 0.2) is 0 Å². The third-order valence-corrected chi connectivity index (χ3v) is 5.05. The summed E-state index contributed by atoms with van der Waals surface area (Å²) < 4.78 is 3.26. The minimum atomic E-state index is -0.726. The summed E-state index contributed by atoms with van der Waals surface area (Å²) in [5.41, 5.74) is 0.251. The fraction of sp³-hybridized carbons (Fsp3) is 0.667. The quantitative estimate of drug-likeness (QED) is 0.658. The van der Waals surface area contributed by atoms with Gasteiger partial charge in [0, 0.05) is 39.2 Å². The van der Waals surface area contributed by atoms with Crippen molar-refractivity contribution >= 4 is 11.8 Å². The van der Waals surface area contributed by atoms with Crippen LogP contribution in [-0.2, 0) is 22.6 Å². The number of likely N-dealkylation sites (tertiary alicyclic amines) is 1. The first-order valence-electron chi connectivity index (χ1n) is 9.64. The van der Waals surface area contributed by atoms with Gasteiger partial charge in [-0.15, -0.1) is 5.10 Å². The largest absolute Gasteiger partial charge is 0.391 e. The highest BCUT2D eigenvalue weighted by Gasteiger charge is 2.44. The number of amides is 2. The van der Waals surface area contributed by atoms with Gasteiger partial charge in [0.2, 0.25) is 11.8 Å². The van der Waals surface area contributed by atoms with Crippen LogP contribution in [0.15, 0.2) is 18.9 Å². The van der Waals surface area contributed by atoms with Crippen molar-refractivity contribution < 1.29 is 14.7 Å². The second-order valence-corrected chi connectivity index (χ2v) is 8.38. The lowest BCUT2D eigenvalue weighted by Gasteiger charge is -2.34. The van der Waals surface area contributed by atoms with Gasteiger partial charge in [-0.3, -0.25) is 14.3 Å². The number of nitrogens with one attached hydrogen (secondary N) is 1. The molecule has 3 heterocycles. The zero-order valence-corrected chi connectivity index (χ0v) is 17.2. The van der Waals surface area contributed by atoms with Crippen molar-refractivity contribution in [2.45, 2.75) is 58.3 Å². The number of β-amino-alcohol motifs (C(OH)–C–C–N with tert-alkyl or cyclic N) is 1. The van der Waals surface area contributed by atoms with Crippen molar-refractivity contribution in [1.29, 1.82) is 0 Å². The van der Waals surface area contributed by atoms with Gasteiger partial charge in [-0.2, -0.15) is 5.10 Å². The number of aromatic nitrogens is 6. The molecular formula is C18H28N8O3. The topological polar surface area (TPSA) is 131 Å². The maximum absolute atomic E-state index is 13.4. The molecule has 2 unspecified atom stereocenters. The van der Waals surface area contributed by atoms with Crippen molar-refractivity contribution in [3.8, 4) is 0 Å². The highest BCUT2D eigenvalue weighted by atomic mass is 16.3. The lowest BCUT2D eigenvalue weighted by atomic mass is 9.85. The van der Waals surface area contributed by atoms with Crippen molar-refractivity contribution in [2.24, 2.45) is 5.41 Å². The average molecular weight is 404 g/mol. The monoisotopic (exact) mass is 404 g/mol. The van der Waals surface area contributed by atoms with Gasteiger partial charge in [0.05, 0.1) is 11.8 Å². The summed E-state index contributed by atoms with van der Waals surface area (Å²) in [6.07, 6.45) is 4.95. The van der Waals surface area contributed by atoms with Crippen LogP contribution in [0.1, 0.15) is 38.9 Å². The Morgan fingerprint density at radius 2 is 2.14 bits per heavy atom. The molecule has 3 rings (SSSR count). The molecule has 1 fully saturated rings. The van der Waals surface area contributed by atoms with E-state index in [9.17, 15) is 14.7 Å². The summed E-state index contributed by atoms with van der Waals surface area (Å²) in [7, 11) is 1.52. The van der Waals surface area contributed by atoms with E-state index < -0.39 is 23.6 Å². The van der Waals surface area contributed by atoms with E-state index in [2.05, 4.69) is 25.7 Å². The second-order valence-electron chi connectivity index (χ2n) is 8.38. The average Bonchev–Trinajstić information content (AvgIpc) is 3.39. The Labute approximate surface area is 169 Å². The van der Waals surface area contributed by atoms with Gasteiger partial charge in [-0.05, 0) is 5.41 Å². The van der Waals surface area contributed by atoms with E-state index in [0.717, 1.165) is 5.69 Å². The minimum absolute atomic E-state index is 0.122. The highest BCUT2D eigenvalue weighted by Crippen LogP contribution is 2.34. The molecule has 0 radical (unpaired) electrons. The van der Waals surface area contributed by atoms with Crippen molar-refractivity contribution in [2.75, 3.05) is 13.6 Å². The molecule has 0 bridgehead atoms. The summed E-state index contributed by atoms with van der Waals surface area (Å²) >= 11 is 0. The molecule has 158 valence electrons. The summed E-state index contributed by atoms with van der Waals surface area (Å²) in [6, 6.07) is -1.35. The molecule has 29 heavy (non-hydrogen) atoms. The van der Waals surface area contributed by atoms with Gasteiger partial charge in [-0.25, -0.2) is 9.67 Å². The van der Waals surface area contributed by atoms with Crippen LogP contribution in [0.25, 0.3) is 0 Å². The first-order chi connectivity index (χ1) is 13.7. The zero-order chi connectivity index (χ0) is 21.2. The molecular weight excluding hydrogens is 376 g/mol. The Balaban J connectivity index is 1.81. The number of aryl methyl sites for hydroxylation is 2. The van der Waals surface area contributed by atoms with Crippen LogP contribution in [-0.4, -0.2) is 77.3 Å². The van der Waals surface area contributed by atoms with E-state index in [-0.39, 0.29) is 24.8 Å². The molecule has 2 aromatic rings. The van der Waals surface area contributed by atoms with Gasteiger partial charge >= 0.3 is 0 Å². The summed E-state index contributed by atoms with van der Waals surface area (Å²) in [4.78, 5) is 31.0. The van der Waals surface area contributed by atoms with Crippen LogP contribution in [0, 0.1) is 5.41 Å². The number of carbonyl (C=O) groups is 2. The molecule has 1 saturated heterocycles. The Hall–Kier alpha value is -2.82. The molecule has 2 N–H and O–H groups in total. The van der Waals surface area contributed by atoms with Crippen LogP contribution >= 0.6 is 0 Å². The van der Waals surface area contributed by atoms with Crippen LogP contribution in [0.2, 0.25) is 0 Å². The number of likely N-dealkylation sites (N-methyl/N-ethyl adjacent to an activating group) is 1. The molecule has 3 atom stereocenters. The fourth-order valence-electron chi connectivity index (χ4n) is 3.64. The van der Waals surface area contributed by atoms with Crippen LogP contribution < -0.4 is 5.32 Å². The Kier molecular flexibility index (Phi) is 5.96. The summed E-state index contributed by atoms with van der Waals surface area (Å²) in [6.45, 7) is 6.54. The number of hydrogen-bond donors (Lipinski definition) is 2. The maximum Gasteiger partial charge on any atom is 0.248 e. The van der Waals surface area contributed by atoms with E-state index in [0.29, 0.717) is 13.0 Å². The third-order valence-electron chi connectivity index (χ3n) is 5.05. The Morgan fingerprint density at radius 1 is 1.38 bits per heavy atom. The standard InChI is InChI=1S/C18H28N8O3/c1-18(2,3)15(17(29)25-9-13(27)7-14(25)16(28)19-4)26-8-12(22-23-26)5-6-24-11-20-10-21-24/h8,10-11,13-15,27H,5-7,9H2,1-4H3,(H,19,28)/t13?,14?,15-/m1/s1. The van der Waals surface area contributed by atoms with Gasteiger partial charge in [0.1, 0.15) is 24.7 Å². The Bertz CT molecular complexity index is 842. The summed E-state index contributed by atoms with van der Waals surface area (Å²) in [5.74, 6) is -0.537. The number of aliphatic hydroxyl groups is 1. The molecule has 2 aromatic heterocycles. The Morgan fingerprint density at radius 3 is 2.76 bits per heavy atom. The number of carbonyl (C=O) groups excluding carboxylic acids is 2. The summed E-state index contributed by atoms with van der Waals surface area (Å²) in [5, 5.41) is 25.1. The van der Waals surface area contributed by atoms with Crippen LogP contribution in [0.5, 0.6) is 0 Å².